The Balaban J connectivity index is 2.98. The zero-order valence-electron chi connectivity index (χ0n) is 9.46. The number of hydrogen-bond donors (Lipinski definition) is 2. The largest absolute Gasteiger partial charge is 0.384 e. The summed E-state index contributed by atoms with van der Waals surface area (Å²) in [5.74, 6) is -0.534. The molecule has 0 aliphatic heterocycles. The standard InChI is InChI=1S/C11H16FN3O/c1-15(5-6-16-2)10-4-3-8(12)7-9(10)11(13)14/h3-4,7H,5-6H2,1-2H3,(H3,13,14). The van der Waals surface area contributed by atoms with Crippen LogP contribution in [0.15, 0.2) is 18.2 Å². The van der Waals surface area contributed by atoms with Crippen LogP contribution in [0.4, 0.5) is 10.1 Å². The molecule has 16 heavy (non-hydrogen) atoms. The summed E-state index contributed by atoms with van der Waals surface area (Å²) in [6.45, 7) is 1.22. The fourth-order valence-corrected chi connectivity index (χ4v) is 1.41. The van der Waals surface area contributed by atoms with Crippen LogP contribution < -0.4 is 10.6 Å². The SMILES string of the molecule is COCCN(C)c1ccc(F)cc1C(=N)N. The van der Waals surface area contributed by atoms with Gasteiger partial charge in [-0.3, -0.25) is 5.41 Å². The van der Waals surface area contributed by atoms with E-state index in [1.165, 1.54) is 12.1 Å². The van der Waals surface area contributed by atoms with Crippen molar-refractivity contribution in [2.24, 2.45) is 5.73 Å². The minimum Gasteiger partial charge on any atom is -0.384 e. The first kappa shape index (κ1) is 12.4. The summed E-state index contributed by atoms with van der Waals surface area (Å²) >= 11 is 0. The van der Waals surface area contributed by atoms with E-state index in [1.54, 1.807) is 13.2 Å². The molecule has 88 valence electrons. The van der Waals surface area contributed by atoms with Gasteiger partial charge in [0.25, 0.3) is 0 Å². The van der Waals surface area contributed by atoms with Crippen molar-refractivity contribution >= 4 is 11.5 Å². The van der Waals surface area contributed by atoms with Crippen molar-refractivity contribution in [1.82, 2.24) is 0 Å². The molecule has 5 heteroatoms. The fourth-order valence-electron chi connectivity index (χ4n) is 1.41. The second kappa shape index (κ2) is 5.46. The van der Waals surface area contributed by atoms with Gasteiger partial charge in [0, 0.05) is 32.0 Å². The number of rotatable bonds is 5. The molecule has 4 nitrogen and oxygen atoms in total. The molecule has 0 fully saturated rings. The predicted octanol–water partition coefficient (Wildman–Crippen LogP) is 1.19. The third-order valence-electron chi connectivity index (χ3n) is 2.29. The van der Waals surface area contributed by atoms with Gasteiger partial charge in [-0.15, -0.1) is 0 Å². The van der Waals surface area contributed by atoms with Gasteiger partial charge in [0.15, 0.2) is 0 Å². The summed E-state index contributed by atoms with van der Waals surface area (Å²) in [5.41, 5.74) is 6.54. The maximum absolute atomic E-state index is 13.0. The monoisotopic (exact) mass is 225 g/mol. The molecule has 0 bridgehead atoms. The highest BCUT2D eigenvalue weighted by atomic mass is 19.1. The van der Waals surface area contributed by atoms with E-state index in [-0.39, 0.29) is 5.84 Å². The molecule has 0 aromatic heterocycles. The first-order valence-corrected chi connectivity index (χ1v) is 4.90. The maximum Gasteiger partial charge on any atom is 0.125 e. The first-order chi connectivity index (χ1) is 7.56. The molecule has 0 aliphatic rings. The van der Waals surface area contributed by atoms with Gasteiger partial charge in [-0.2, -0.15) is 0 Å². The third-order valence-corrected chi connectivity index (χ3v) is 2.29. The van der Waals surface area contributed by atoms with E-state index in [1.807, 2.05) is 11.9 Å². The summed E-state index contributed by atoms with van der Waals surface area (Å²) in [4.78, 5) is 1.87. The number of ether oxygens (including phenoxy) is 1. The quantitative estimate of drug-likeness (QED) is 0.584. The van der Waals surface area contributed by atoms with Crippen LogP contribution in [0.3, 0.4) is 0 Å². The van der Waals surface area contributed by atoms with Gasteiger partial charge in [-0.05, 0) is 18.2 Å². The average Bonchev–Trinajstić information content (AvgIpc) is 2.25. The number of halogens is 1. The second-order valence-corrected chi connectivity index (χ2v) is 3.49. The van der Waals surface area contributed by atoms with Gasteiger partial charge in [0.05, 0.1) is 6.61 Å². The van der Waals surface area contributed by atoms with E-state index < -0.39 is 5.82 Å². The highest BCUT2D eigenvalue weighted by Crippen LogP contribution is 2.19. The number of amidine groups is 1. The van der Waals surface area contributed by atoms with Crippen molar-refractivity contribution in [3.8, 4) is 0 Å². The maximum atomic E-state index is 13.0. The predicted molar refractivity (Wildman–Crippen MR) is 62.6 cm³/mol. The molecule has 1 aromatic carbocycles. The van der Waals surface area contributed by atoms with Crippen molar-refractivity contribution < 1.29 is 9.13 Å². The molecule has 3 N–H and O–H groups in total. The van der Waals surface area contributed by atoms with Crippen LogP contribution in [0, 0.1) is 11.2 Å². The minimum absolute atomic E-state index is 0.140. The number of nitrogens with one attached hydrogen (secondary N) is 1. The zero-order valence-corrected chi connectivity index (χ0v) is 9.46. The topological polar surface area (TPSA) is 62.3 Å². The lowest BCUT2D eigenvalue weighted by Crippen LogP contribution is -2.25. The molecule has 0 amide bonds. The van der Waals surface area contributed by atoms with Crippen LogP contribution >= 0.6 is 0 Å². The number of methoxy groups -OCH3 is 1. The van der Waals surface area contributed by atoms with Crippen LogP contribution in [-0.4, -0.2) is 33.1 Å². The van der Waals surface area contributed by atoms with Crippen molar-refractivity contribution in [2.45, 2.75) is 0 Å². The number of likely N-dealkylation sites (N-methyl/N-ethyl adjacent to an activating group) is 1. The number of nitrogens with two attached hydrogens (primary N) is 1. The van der Waals surface area contributed by atoms with Gasteiger partial charge in [-0.25, -0.2) is 4.39 Å². The van der Waals surface area contributed by atoms with E-state index in [0.29, 0.717) is 18.7 Å². The molecule has 1 rings (SSSR count). The molecule has 0 aliphatic carbocycles. The minimum atomic E-state index is -0.394. The van der Waals surface area contributed by atoms with Gasteiger partial charge in [-0.1, -0.05) is 0 Å². The molecule has 1 aromatic rings. The Kier molecular flexibility index (Phi) is 4.25. The molecular weight excluding hydrogens is 209 g/mol. The molecule has 0 saturated heterocycles. The third kappa shape index (κ3) is 2.93. The Morgan fingerprint density at radius 2 is 2.25 bits per heavy atom. The molecule has 0 spiro atoms. The van der Waals surface area contributed by atoms with Crippen molar-refractivity contribution in [3.63, 3.8) is 0 Å². The van der Waals surface area contributed by atoms with E-state index in [9.17, 15) is 4.39 Å². The van der Waals surface area contributed by atoms with Crippen molar-refractivity contribution in [3.05, 3.63) is 29.6 Å². The number of nitrogen functional groups attached to an aromatic ring is 1. The highest BCUT2D eigenvalue weighted by molar-refractivity contribution is 6.00. The number of benzene rings is 1. The Hall–Kier alpha value is -1.62. The number of hydrogen-bond acceptors (Lipinski definition) is 3. The van der Waals surface area contributed by atoms with E-state index in [4.69, 9.17) is 15.9 Å². The lowest BCUT2D eigenvalue weighted by Gasteiger charge is -2.21. The molecule has 0 saturated carbocycles. The van der Waals surface area contributed by atoms with Gasteiger partial charge in [0.1, 0.15) is 11.7 Å². The molecular formula is C11H16FN3O. The van der Waals surface area contributed by atoms with Crippen molar-refractivity contribution in [1.29, 1.82) is 5.41 Å². The Bertz CT molecular complexity index is 381. The molecule has 0 heterocycles. The smallest absolute Gasteiger partial charge is 0.125 e. The highest BCUT2D eigenvalue weighted by Gasteiger charge is 2.10. The van der Waals surface area contributed by atoms with Gasteiger partial charge < -0.3 is 15.4 Å². The normalized spacial score (nSPS) is 10.2. The molecule has 0 radical (unpaired) electrons. The van der Waals surface area contributed by atoms with E-state index in [0.717, 1.165) is 5.69 Å². The summed E-state index contributed by atoms with van der Waals surface area (Å²) in [6, 6.07) is 4.23. The van der Waals surface area contributed by atoms with Crippen LogP contribution in [0.25, 0.3) is 0 Å². The van der Waals surface area contributed by atoms with Crippen LogP contribution in [0.5, 0.6) is 0 Å². The molecule has 0 atom stereocenters. The van der Waals surface area contributed by atoms with E-state index in [2.05, 4.69) is 0 Å². The van der Waals surface area contributed by atoms with Gasteiger partial charge >= 0.3 is 0 Å². The Morgan fingerprint density at radius 3 is 2.81 bits per heavy atom. The summed E-state index contributed by atoms with van der Waals surface area (Å²) in [6.07, 6.45) is 0. The Labute approximate surface area is 94.3 Å². The lowest BCUT2D eigenvalue weighted by atomic mass is 10.1. The summed E-state index contributed by atoms with van der Waals surface area (Å²) in [7, 11) is 3.46. The Morgan fingerprint density at radius 1 is 1.56 bits per heavy atom. The summed E-state index contributed by atoms with van der Waals surface area (Å²) in [5, 5.41) is 7.40. The lowest BCUT2D eigenvalue weighted by molar-refractivity contribution is 0.206. The summed E-state index contributed by atoms with van der Waals surface area (Å²) < 4.78 is 18.0. The second-order valence-electron chi connectivity index (χ2n) is 3.49. The van der Waals surface area contributed by atoms with Crippen LogP contribution in [0.2, 0.25) is 0 Å². The zero-order chi connectivity index (χ0) is 12.1. The molecule has 0 unspecified atom stereocenters. The average molecular weight is 225 g/mol. The fraction of sp³-hybridized carbons (Fsp3) is 0.364. The van der Waals surface area contributed by atoms with Gasteiger partial charge in [0.2, 0.25) is 0 Å². The number of nitrogens with zero attached hydrogens (tertiary/aromatic N) is 1. The van der Waals surface area contributed by atoms with Crippen molar-refractivity contribution in [2.75, 3.05) is 32.2 Å². The number of anilines is 1. The first-order valence-electron chi connectivity index (χ1n) is 4.90. The van der Waals surface area contributed by atoms with E-state index >= 15 is 0 Å². The van der Waals surface area contributed by atoms with Crippen LogP contribution in [-0.2, 0) is 4.74 Å². The van der Waals surface area contributed by atoms with Crippen LogP contribution in [0.1, 0.15) is 5.56 Å².